The molecule has 5 heteroatoms. The number of rotatable bonds is 1. The quantitative estimate of drug-likeness (QED) is 0.796. The maximum atomic E-state index is 12.2. The zero-order valence-electron chi connectivity index (χ0n) is 14.7. The third-order valence-electron chi connectivity index (χ3n) is 3.96. The number of fused-ring (bicyclic) bond motifs is 1. The van der Waals surface area contributed by atoms with Gasteiger partial charge in [-0.2, -0.15) is 0 Å². The highest BCUT2D eigenvalue weighted by Gasteiger charge is 2.24. The molecule has 3 rings (SSSR count). The molecule has 0 atom stereocenters. The van der Waals surface area contributed by atoms with Crippen LogP contribution in [0.25, 0.3) is 16.5 Å². The highest BCUT2D eigenvalue weighted by Crippen LogP contribution is 2.27. The molecule has 2 heterocycles. The van der Waals surface area contributed by atoms with E-state index in [4.69, 9.17) is 4.74 Å². The molecule has 0 saturated heterocycles. The van der Waals surface area contributed by atoms with Crippen LogP contribution in [0.2, 0.25) is 0 Å². The first-order chi connectivity index (χ1) is 11.3. The molecule has 0 saturated carbocycles. The molecule has 0 spiro atoms. The van der Waals surface area contributed by atoms with E-state index in [1.165, 1.54) is 5.56 Å². The Morgan fingerprint density at radius 1 is 1.25 bits per heavy atom. The lowest BCUT2D eigenvalue weighted by atomic mass is 10.0. The van der Waals surface area contributed by atoms with Gasteiger partial charge in [-0.15, -0.1) is 0 Å². The van der Waals surface area contributed by atoms with Crippen LogP contribution in [0.5, 0.6) is 0 Å². The summed E-state index contributed by atoms with van der Waals surface area (Å²) in [6, 6.07) is 6.21. The summed E-state index contributed by atoms with van der Waals surface area (Å²) in [5.74, 6) is 0. The van der Waals surface area contributed by atoms with Crippen LogP contribution in [0, 0.1) is 6.92 Å². The second-order valence-electron chi connectivity index (χ2n) is 7.15. The van der Waals surface area contributed by atoms with Gasteiger partial charge in [0.05, 0.1) is 11.2 Å². The minimum Gasteiger partial charge on any atom is -0.444 e. The summed E-state index contributed by atoms with van der Waals surface area (Å²) in [5, 5.41) is 1.06. The summed E-state index contributed by atoms with van der Waals surface area (Å²) in [7, 11) is 0. The smallest absolute Gasteiger partial charge is 0.410 e. The number of aryl methyl sites for hydroxylation is 1. The normalized spacial score (nSPS) is 15.3. The molecule has 126 valence electrons. The predicted molar refractivity (Wildman–Crippen MR) is 94.7 cm³/mol. The molecule has 1 aliphatic heterocycles. The van der Waals surface area contributed by atoms with Crippen LogP contribution >= 0.6 is 0 Å². The minimum absolute atomic E-state index is 0.263. The monoisotopic (exact) mass is 325 g/mol. The standard InChI is InChI=1S/C19H23N3O2/c1-13-5-6-15-16(11-13)20-12-21-17(15)14-7-9-22(10-8-14)18(23)24-19(2,3)4/h5-7,11-12H,8-10H2,1-4H3. The fourth-order valence-electron chi connectivity index (χ4n) is 2.80. The average Bonchev–Trinajstić information content (AvgIpc) is 2.52. The van der Waals surface area contributed by atoms with Crippen molar-refractivity contribution in [3.8, 4) is 0 Å². The zero-order valence-corrected chi connectivity index (χ0v) is 14.7. The lowest BCUT2D eigenvalue weighted by Crippen LogP contribution is -2.39. The topological polar surface area (TPSA) is 55.3 Å². The van der Waals surface area contributed by atoms with Gasteiger partial charge in [-0.25, -0.2) is 14.8 Å². The van der Waals surface area contributed by atoms with Gasteiger partial charge in [0.15, 0.2) is 0 Å². The fraction of sp³-hybridized carbons (Fsp3) is 0.421. The second kappa shape index (κ2) is 6.23. The number of hydrogen-bond donors (Lipinski definition) is 0. The maximum absolute atomic E-state index is 12.2. The van der Waals surface area contributed by atoms with Crippen LogP contribution in [0.15, 0.2) is 30.6 Å². The van der Waals surface area contributed by atoms with Gasteiger partial charge < -0.3 is 9.64 Å². The Labute approximate surface area is 142 Å². The van der Waals surface area contributed by atoms with Crippen molar-refractivity contribution in [3.05, 3.63) is 41.9 Å². The Morgan fingerprint density at radius 3 is 2.71 bits per heavy atom. The lowest BCUT2D eigenvalue weighted by molar-refractivity contribution is 0.0270. The van der Waals surface area contributed by atoms with E-state index >= 15 is 0 Å². The van der Waals surface area contributed by atoms with Crippen LogP contribution in [-0.4, -0.2) is 39.7 Å². The summed E-state index contributed by atoms with van der Waals surface area (Å²) in [5.41, 5.74) is 3.79. The Balaban J connectivity index is 1.82. The lowest BCUT2D eigenvalue weighted by Gasteiger charge is -2.29. The Bertz CT molecular complexity index is 806. The van der Waals surface area contributed by atoms with Gasteiger partial charge in [0, 0.05) is 18.5 Å². The van der Waals surface area contributed by atoms with Crippen LogP contribution in [0.3, 0.4) is 0 Å². The number of benzene rings is 1. The molecule has 1 aliphatic rings. The van der Waals surface area contributed by atoms with Crippen LogP contribution in [0.1, 0.15) is 38.4 Å². The summed E-state index contributed by atoms with van der Waals surface area (Å²) in [4.78, 5) is 22.7. The molecule has 1 amide bonds. The van der Waals surface area contributed by atoms with Crippen molar-refractivity contribution >= 4 is 22.6 Å². The number of ether oxygens (including phenoxy) is 1. The molecule has 1 aromatic carbocycles. The van der Waals surface area contributed by atoms with Crippen molar-refractivity contribution in [1.82, 2.24) is 14.9 Å². The number of nitrogens with zero attached hydrogens (tertiary/aromatic N) is 3. The van der Waals surface area contributed by atoms with Crippen molar-refractivity contribution in [2.24, 2.45) is 0 Å². The molecule has 0 fully saturated rings. The molecule has 1 aromatic heterocycles. The third kappa shape index (κ3) is 3.55. The van der Waals surface area contributed by atoms with E-state index in [0.29, 0.717) is 13.1 Å². The van der Waals surface area contributed by atoms with E-state index in [1.54, 1.807) is 11.2 Å². The molecule has 0 aliphatic carbocycles. The number of hydrogen-bond acceptors (Lipinski definition) is 4. The molecule has 5 nitrogen and oxygen atoms in total. The maximum Gasteiger partial charge on any atom is 0.410 e. The van der Waals surface area contributed by atoms with Crippen molar-refractivity contribution in [3.63, 3.8) is 0 Å². The van der Waals surface area contributed by atoms with Crippen LogP contribution < -0.4 is 0 Å². The van der Waals surface area contributed by atoms with Gasteiger partial charge in [0.2, 0.25) is 0 Å². The number of carbonyl (C=O) groups is 1. The van der Waals surface area contributed by atoms with Crippen molar-refractivity contribution in [2.75, 3.05) is 13.1 Å². The van der Waals surface area contributed by atoms with E-state index in [2.05, 4.69) is 41.2 Å². The molecule has 0 unspecified atom stereocenters. The molecule has 0 radical (unpaired) electrons. The second-order valence-corrected chi connectivity index (χ2v) is 7.15. The van der Waals surface area contributed by atoms with E-state index < -0.39 is 5.60 Å². The molecule has 0 N–H and O–H groups in total. The van der Waals surface area contributed by atoms with E-state index in [1.807, 2.05) is 20.8 Å². The Hall–Kier alpha value is -2.43. The number of amides is 1. The number of carbonyl (C=O) groups excluding carboxylic acids is 1. The van der Waals surface area contributed by atoms with Gasteiger partial charge >= 0.3 is 6.09 Å². The van der Waals surface area contributed by atoms with Gasteiger partial charge in [-0.05, 0) is 51.3 Å². The minimum atomic E-state index is -0.470. The first-order valence-corrected chi connectivity index (χ1v) is 8.22. The SMILES string of the molecule is Cc1ccc2c(C3=CCN(C(=O)OC(C)(C)C)CC3)ncnc2c1. The average molecular weight is 325 g/mol. The zero-order chi connectivity index (χ0) is 17.3. The Morgan fingerprint density at radius 2 is 2.04 bits per heavy atom. The third-order valence-corrected chi connectivity index (χ3v) is 3.96. The predicted octanol–water partition coefficient (Wildman–Crippen LogP) is 3.96. The molecule has 24 heavy (non-hydrogen) atoms. The molecule has 2 aromatic rings. The number of aromatic nitrogens is 2. The van der Waals surface area contributed by atoms with Crippen LogP contribution in [-0.2, 0) is 4.74 Å². The first kappa shape index (κ1) is 16.4. The van der Waals surface area contributed by atoms with Crippen molar-refractivity contribution in [2.45, 2.75) is 39.7 Å². The fourth-order valence-corrected chi connectivity index (χ4v) is 2.80. The molecule has 0 bridgehead atoms. The highest BCUT2D eigenvalue weighted by atomic mass is 16.6. The van der Waals surface area contributed by atoms with E-state index in [0.717, 1.165) is 28.6 Å². The summed E-state index contributed by atoms with van der Waals surface area (Å²) >= 11 is 0. The van der Waals surface area contributed by atoms with Crippen LogP contribution in [0.4, 0.5) is 4.79 Å². The van der Waals surface area contributed by atoms with E-state index in [9.17, 15) is 4.79 Å². The Kier molecular flexibility index (Phi) is 4.26. The summed E-state index contributed by atoms with van der Waals surface area (Å²) in [6.07, 6.45) is 4.17. The van der Waals surface area contributed by atoms with Gasteiger partial charge in [-0.1, -0.05) is 18.2 Å². The van der Waals surface area contributed by atoms with Gasteiger partial charge in [0.25, 0.3) is 0 Å². The van der Waals surface area contributed by atoms with Gasteiger partial charge in [0.1, 0.15) is 11.9 Å². The highest BCUT2D eigenvalue weighted by molar-refractivity contribution is 5.90. The summed E-state index contributed by atoms with van der Waals surface area (Å²) < 4.78 is 5.43. The molecular weight excluding hydrogens is 302 g/mol. The first-order valence-electron chi connectivity index (χ1n) is 8.22. The van der Waals surface area contributed by atoms with Crippen molar-refractivity contribution in [1.29, 1.82) is 0 Å². The molecular formula is C19H23N3O2. The van der Waals surface area contributed by atoms with Gasteiger partial charge in [-0.3, -0.25) is 0 Å². The van der Waals surface area contributed by atoms with E-state index in [-0.39, 0.29) is 6.09 Å². The summed E-state index contributed by atoms with van der Waals surface area (Å²) in [6.45, 7) is 8.88. The largest absolute Gasteiger partial charge is 0.444 e. The van der Waals surface area contributed by atoms with Crippen molar-refractivity contribution < 1.29 is 9.53 Å².